The maximum atomic E-state index is 13.4. The number of hydrogen-bond donors (Lipinski definition) is 1. The van der Waals surface area contributed by atoms with Crippen molar-refractivity contribution in [1.29, 1.82) is 0 Å². The van der Waals surface area contributed by atoms with Crippen molar-refractivity contribution in [2.24, 2.45) is 0 Å². The van der Waals surface area contributed by atoms with Crippen LogP contribution in [0.25, 0.3) is 0 Å². The van der Waals surface area contributed by atoms with Gasteiger partial charge in [-0.1, -0.05) is 18.2 Å². The molecular weight excluding hydrogens is 320 g/mol. The molecule has 0 heterocycles. The molecule has 2 aromatic carbocycles. The Bertz CT molecular complexity index is 679. The number of carbonyl (C=O) groups is 1. The van der Waals surface area contributed by atoms with Crippen LogP contribution in [0, 0.1) is 18.6 Å². The van der Waals surface area contributed by atoms with Crippen LogP contribution in [0.4, 0.5) is 14.5 Å². The molecule has 6 heteroatoms. The molecule has 0 aromatic heterocycles. The summed E-state index contributed by atoms with van der Waals surface area (Å²) in [6, 6.07) is 10.6. The molecule has 0 saturated heterocycles. The van der Waals surface area contributed by atoms with E-state index in [0.29, 0.717) is 12.4 Å². The fourth-order valence-electron chi connectivity index (χ4n) is 1.87. The number of carbonyl (C=O) groups excluding carboxylic acids is 1. The van der Waals surface area contributed by atoms with Gasteiger partial charge in [0, 0.05) is 11.8 Å². The zero-order chi connectivity index (χ0) is 16.7. The maximum Gasteiger partial charge on any atom is 0.234 e. The molecule has 0 aliphatic rings. The second-order valence-corrected chi connectivity index (χ2v) is 5.94. The minimum Gasteiger partial charge on any atom is -0.492 e. The van der Waals surface area contributed by atoms with Gasteiger partial charge in [-0.25, -0.2) is 8.78 Å². The lowest BCUT2D eigenvalue weighted by atomic mass is 10.2. The summed E-state index contributed by atoms with van der Waals surface area (Å²) in [5, 5.41) is 2.35. The van der Waals surface area contributed by atoms with E-state index in [9.17, 15) is 13.6 Å². The van der Waals surface area contributed by atoms with Crippen LogP contribution in [0.2, 0.25) is 0 Å². The van der Waals surface area contributed by atoms with Crippen molar-refractivity contribution in [3.63, 3.8) is 0 Å². The average Bonchev–Trinajstić information content (AvgIpc) is 2.52. The van der Waals surface area contributed by atoms with E-state index in [-0.39, 0.29) is 17.3 Å². The minimum atomic E-state index is -0.660. The zero-order valence-corrected chi connectivity index (χ0v) is 13.5. The molecule has 2 rings (SSSR count). The van der Waals surface area contributed by atoms with E-state index >= 15 is 0 Å². The van der Waals surface area contributed by atoms with Crippen LogP contribution in [-0.2, 0) is 4.79 Å². The molecule has 0 aliphatic heterocycles. The Labute approximate surface area is 138 Å². The van der Waals surface area contributed by atoms with Gasteiger partial charge in [0.05, 0.1) is 18.0 Å². The smallest absolute Gasteiger partial charge is 0.234 e. The van der Waals surface area contributed by atoms with Gasteiger partial charge in [0.1, 0.15) is 17.4 Å². The van der Waals surface area contributed by atoms with Gasteiger partial charge in [-0.15, -0.1) is 11.8 Å². The summed E-state index contributed by atoms with van der Waals surface area (Å²) in [6.07, 6.45) is 0. The number of rotatable bonds is 7. The monoisotopic (exact) mass is 337 g/mol. The van der Waals surface area contributed by atoms with Gasteiger partial charge in [-0.2, -0.15) is 0 Å². The van der Waals surface area contributed by atoms with Crippen molar-refractivity contribution in [2.75, 3.05) is 23.4 Å². The fourth-order valence-corrected chi connectivity index (χ4v) is 2.48. The summed E-state index contributed by atoms with van der Waals surface area (Å²) < 4.78 is 32.0. The van der Waals surface area contributed by atoms with Crippen molar-refractivity contribution in [1.82, 2.24) is 0 Å². The van der Waals surface area contributed by atoms with Crippen molar-refractivity contribution in [2.45, 2.75) is 6.92 Å². The molecule has 122 valence electrons. The molecular formula is C17H17F2NO2S. The van der Waals surface area contributed by atoms with Gasteiger partial charge < -0.3 is 10.1 Å². The first-order chi connectivity index (χ1) is 11.1. The number of amides is 1. The summed E-state index contributed by atoms with van der Waals surface area (Å²) in [4.78, 5) is 11.7. The third-order valence-electron chi connectivity index (χ3n) is 3.01. The molecule has 0 atom stereocenters. The quantitative estimate of drug-likeness (QED) is 0.776. The Morgan fingerprint density at radius 1 is 1.22 bits per heavy atom. The molecule has 0 saturated carbocycles. The van der Waals surface area contributed by atoms with E-state index < -0.39 is 11.6 Å². The number of anilines is 1. The van der Waals surface area contributed by atoms with E-state index in [4.69, 9.17) is 4.74 Å². The normalized spacial score (nSPS) is 10.4. The van der Waals surface area contributed by atoms with Crippen LogP contribution in [0.5, 0.6) is 5.75 Å². The van der Waals surface area contributed by atoms with Gasteiger partial charge in [0.2, 0.25) is 5.91 Å². The number of halogens is 2. The highest BCUT2D eigenvalue weighted by Crippen LogP contribution is 2.17. The predicted octanol–water partition coefficient (Wildman–Crippen LogP) is 4.02. The molecule has 1 N–H and O–H groups in total. The molecule has 3 nitrogen and oxygen atoms in total. The predicted molar refractivity (Wildman–Crippen MR) is 89.0 cm³/mol. The molecule has 23 heavy (non-hydrogen) atoms. The van der Waals surface area contributed by atoms with E-state index in [1.165, 1.54) is 11.8 Å². The fraction of sp³-hybridized carbons (Fsp3) is 0.235. The summed E-state index contributed by atoms with van der Waals surface area (Å²) in [6.45, 7) is 2.43. The Balaban J connectivity index is 1.69. The second-order valence-electron chi connectivity index (χ2n) is 4.84. The Morgan fingerprint density at radius 3 is 2.78 bits per heavy atom. The van der Waals surface area contributed by atoms with Gasteiger partial charge >= 0.3 is 0 Å². The first-order valence-corrected chi connectivity index (χ1v) is 8.23. The molecule has 0 unspecified atom stereocenters. The molecule has 1 amide bonds. The summed E-state index contributed by atoms with van der Waals surface area (Å²) in [7, 11) is 0. The number of hydrogen-bond acceptors (Lipinski definition) is 3. The Hall–Kier alpha value is -2.08. The largest absolute Gasteiger partial charge is 0.492 e. The summed E-state index contributed by atoms with van der Waals surface area (Å²) in [5.74, 6) is -0.0519. The standard InChI is InChI=1S/C17H17F2NO2S/c1-12-4-2-3-5-16(12)22-8-9-23-11-17(21)20-15-10-13(18)6-7-14(15)19/h2-7,10H,8-9,11H2,1H3,(H,20,21). The van der Waals surface area contributed by atoms with Gasteiger partial charge in [-0.3, -0.25) is 4.79 Å². The molecule has 0 radical (unpaired) electrons. The first-order valence-electron chi connectivity index (χ1n) is 7.07. The van der Waals surface area contributed by atoms with Crippen LogP contribution in [0.3, 0.4) is 0 Å². The SMILES string of the molecule is Cc1ccccc1OCCSCC(=O)Nc1cc(F)ccc1F. The van der Waals surface area contributed by atoms with Crippen molar-refractivity contribution in [3.8, 4) is 5.75 Å². The van der Waals surface area contributed by atoms with E-state index in [2.05, 4.69) is 5.32 Å². The number of para-hydroxylation sites is 1. The van der Waals surface area contributed by atoms with Gasteiger partial charge in [0.25, 0.3) is 0 Å². The van der Waals surface area contributed by atoms with E-state index in [1.807, 2.05) is 31.2 Å². The van der Waals surface area contributed by atoms with Crippen LogP contribution >= 0.6 is 11.8 Å². The number of thioether (sulfide) groups is 1. The third kappa shape index (κ3) is 5.56. The number of benzene rings is 2. The summed E-state index contributed by atoms with van der Waals surface area (Å²) in [5.41, 5.74) is 0.906. The van der Waals surface area contributed by atoms with Gasteiger partial charge in [-0.05, 0) is 30.7 Å². The zero-order valence-electron chi connectivity index (χ0n) is 12.6. The Morgan fingerprint density at radius 2 is 2.00 bits per heavy atom. The highest BCUT2D eigenvalue weighted by Gasteiger charge is 2.08. The number of ether oxygens (including phenoxy) is 1. The average molecular weight is 337 g/mol. The third-order valence-corrected chi connectivity index (χ3v) is 3.94. The minimum absolute atomic E-state index is 0.146. The van der Waals surface area contributed by atoms with Crippen LogP contribution in [0.1, 0.15) is 5.56 Å². The highest BCUT2D eigenvalue weighted by molar-refractivity contribution is 7.99. The van der Waals surface area contributed by atoms with Crippen LogP contribution in [-0.4, -0.2) is 24.0 Å². The highest BCUT2D eigenvalue weighted by atomic mass is 32.2. The second kappa shape index (κ2) is 8.53. The molecule has 0 spiro atoms. The lowest BCUT2D eigenvalue weighted by Gasteiger charge is -2.09. The first kappa shape index (κ1) is 17.3. The lowest BCUT2D eigenvalue weighted by Crippen LogP contribution is -2.16. The van der Waals surface area contributed by atoms with Crippen molar-refractivity contribution in [3.05, 3.63) is 59.7 Å². The number of aryl methyl sites for hydroxylation is 1. The molecule has 2 aromatic rings. The molecule has 0 aliphatic carbocycles. The molecule has 0 fully saturated rings. The van der Waals surface area contributed by atoms with Crippen molar-refractivity contribution >= 4 is 23.4 Å². The van der Waals surface area contributed by atoms with E-state index in [1.54, 1.807) is 0 Å². The lowest BCUT2D eigenvalue weighted by molar-refractivity contribution is -0.113. The summed E-state index contributed by atoms with van der Waals surface area (Å²) >= 11 is 1.36. The number of nitrogens with one attached hydrogen (secondary N) is 1. The van der Waals surface area contributed by atoms with Crippen molar-refractivity contribution < 1.29 is 18.3 Å². The van der Waals surface area contributed by atoms with Crippen LogP contribution < -0.4 is 10.1 Å². The maximum absolute atomic E-state index is 13.4. The topological polar surface area (TPSA) is 38.3 Å². The van der Waals surface area contributed by atoms with Crippen LogP contribution in [0.15, 0.2) is 42.5 Å². The Kier molecular flexibility index (Phi) is 6.40. The van der Waals surface area contributed by atoms with E-state index in [0.717, 1.165) is 29.5 Å². The van der Waals surface area contributed by atoms with Gasteiger partial charge in [0.15, 0.2) is 0 Å². The molecule has 0 bridgehead atoms.